The molecule has 2 heterocycles. The molecule has 1 amide bonds. The van der Waals surface area contributed by atoms with E-state index in [9.17, 15) is 13.2 Å². The molecule has 0 saturated carbocycles. The minimum atomic E-state index is -3.60. The Morgan fingerprint density at radius 1 is 1.28 bits per heavy atom. The number of amides is 1. The number of carbonyl (C=O) groups excluding carboxylic acids is 1. The van der Waals surface area contributed by atoms with E-state index in [-0.39, 0.29) is 27.9 Å². The number of carbonyl (C=O) groups is 1. The minimum absolute atomic E-state index is 0.0912. The largest absolute Gasteiger partial charge is 0.467 e. The Kier molecular flexibility index (Phi) is 5.17. The highest BCUT2D eigenvalue weighted by Crippen LogP contribution is 2.26. The molecule has 134 valence electrons. The molecule has 1 aliphatic heterocycles. The maximum absolute atomic E-state index is 12.7. The van der Waals surface area contributed by atoms with Crippen molar-refractivity contribution < 1.29 is 17.6 Å². The van der Waals surface area contributed by atoms with E-state index in [1.54, 1.807) is 19.2 Å². The van der Waals surface area contributed by atoms with Gasteiger partial charge >= 0.3 is 0 Å². The second-order valence-electron chi connectivity index (χ2n) is 5.99. The standard InChI is InChI=1S/C17H19ClN2O4S/c1-19(12-13-5-4-10-24-13)17(21)15-11-14(6-7-16(15)18)25(22,23)20-8-2-3-9-20/h4-7,10-11H,2-3,8-9,12H2,1H3. The number of benzene rings is 1. The van der Waals surface area contributed by atoms with E-state index in [1.165, 1.54) is 33.7 Å². The van der Waals surface area contributed by atoms with Gasteiger partial charge < -0.3 is 9.32 Å². The van der Waals surface area contributed by atoms with E-state index in [2.05, 4.69) is 0 Å². The highest BCUT2D eigenvalue weighted by molar-refractivity contribution is 7.89. The third kappa shape index (κ3) is 3.73. The van der Waals surface area contributed by atoms with Gasteiger partial charge in [-0.05, 0) is 43.2 Å². The first-order valence-corrected chi connectivity index (χ1v) is 9.79. The van der Waals surface area contributed by atoms with Crippen molar-refractivity contribution in [2.24, 2.45) is 0 Å². The van der Waals surface area contributed by atoms with Crippen LogP contribution in [0.5, 0.6) is 0 Å². The lowest BCUT2D eigenvalue weighted by Crippen LogP contribution is -2.29. The fourth-order valence-corrected chi connectivity index (χ4v) is 4.56. The lowest BCUT2D eigenvalue weighted by molar-refractivity contribution is 0.0775. The lowest BCUT2D eigenvalue weighted by Gasteiger charge is -2.19. The van der Waals surface area contributed by atoms with Gasteiger partial charge in [0, 0.05) is 20.1 Å². The second-order valence-corrected chi connectivity index (χ2v) is 8.34. The van der Waals surface area contributed by atoms with Gasteiger partial charge in [0.1, 0.15) is 5.76 Å². The van der Waals surface area contributed by atoms with Gasteiger partial charge in [0.2, 0.25) is 10.0 Å². The summed E-state index contributed by atoms with van der Waals surface area (Å²) in [6, 6.07) is 7.76. The van der Waals surface area contributed by atoms with Gasteiger partial charge in [-0.15, -0.1) is 0 Å². The van der Waals surface area contributed by atoms with Crippen molar-refractivity contribution in [3.05, 3.63) is 52.9 Å². The average molecular weight is 383 g/mol. The summed E-state index contributed by atoms with van der Waals surface area (Å²) >= 11 is 6.15. The number of hydrogen-bond acceptors (Lipinski definition) is 4. The topological polar surface area (TPSA) is 70.8 Å². The van der Waals surface area contributed by atoms with Crippen molar-refractivity contribution >= 4 is 27.5 Å². The van der Waals surface area contributed by atoms with Crippen LogP contribution in [0.3, 0.4) is 0 Å². The molecule has 0 spiro atoms. The van der Waals surface area contributed by atoms with E-state index in [0.29, 0.717) is 18.8 Å². The molecule has 0 aliphatic carbocycles. The minimum Gasteiger partial charge on any atom is -0.467 e. The number of hydrogen-bond donors (Lipinski definition) is 0. The average Bonchev–Trinajstić information content (AvgIpc) is 3.28. The van der Waals surface area contributed by atoms with Gasteiger partial charge in [-0.25, -0.2) is 8.42 Å². The van der Waals surface area contributed by atoms with E-state index < -0.39 is 10.0 Å². The van der Waals surface area contributed by atoms with Crippen LogP contribution in [0.4, 0.5) is 0 Å². The van der Waals surface area contributed by atoms with E-state index in [1.807, 2.05) is 0 Å². The molecular formula is C17H19ClN2O4S. The maximum atomic E-state index is 12.7. The molecule has 1 saturated heterocycles. The van der Waals surface area contributed by atoms with Gasteiger partial charge in [0.15, 0.2) is 0 Å². The Bertz CT molecular complexity index is 859. The molecule has 0 bridgehead atoms. The first-order valence-electron chi connectivity index (χ1n) is 7.97. The van der Waals surface area contributed by atoms with Crippen LogP contribution in [0.1, 0.15) is 29.0 Å². The van der Waals surface area contributed by atoms with Gasteiger partial charge in [-0.3, -0.25) is 4.79 Å². The quantitative estimate of drug-likeness (QED) is 0.797. The summed E-state index contributed by atoms with van der Waals surface area (Å²) in [5.41, 5.74) is 0.163. The highest BCUT2D eigenvalue weighted by Gasteiger charge is 2.28. The molecule has 0 N–H and O–H groups in total. The van der Waals surface area contributed by atoms with E-state index >= 15 is 0 Å². The van der Waals surface area contributed by atoms with Crippen molar-refractivity contribution in [1.82, 2.24) is 9.21 Å². The van der Waals surface area contributed by atoms with Gasteiger partial charge in [-0.2, -0.15) is 4.31 Å². The fourth-order valence-electron chi connectivity index (χ4n) is 2.82. The summed E-state index contributed by atoms with van der Waals surface area (Å²) in [5.74, 6) is 0.271. The van der Waals surface area contributed by atoms with Crippen molar-refractivity contribution in [3.63, 3.8) is 0 Å². The monoisotopic (exact) mass is 382 g/mol. The fraction of sp³-hybridized carbons (Fsp3) is 0.353. The molecule has 0 atom stereocenters. The molecule has 1 fully saturated rings. The van der Waals surface area contributed by atoms with Crippen molar-refractivity contribution in [3.8, 4) is 0 Å². The normalized spacial score (nSPS) is 15.4. The maximum Gasteiger partial charge on any atom is 0.255 e. The zero-order chi connectivity index (χ0) is 18.0. The van der Waals surface area contributed by atoms with Gasteiger partial charge in [0.05, 0.1) is 28.3 Å². The van der Waals surface area contributed by atoms with Crippen LogP contribution in [0.15, 0.2) is 45.9 Å². The van der Waals surface area contributed by atoms with Crippen LogP contribution in [0.2, 0.25) is 5.02 Å². The van der Waals surface area contributed by atoms with Gasteiger partial charge in [0.25, 0.3) is 5.91 Å². The van der Waals surface area contributed by atoms with Gasteiger partial charge in [-0.1, -0.05) is 11.6 Å². The molecule has 2 aromatic rings. The molecular weight excluding hydrogens is 364 g/mol. The summed E-state index contributed by atoms with van der Waals surface area (Å²) < 4.78 is 32.1. The molecule has 0 radical (unpaired) electrons. The van der Waals surface area contributed by atoms with Crippen LogP contribution < -0.4 is 0 Å². The lowest BCUT2D eigenvalue weighted by atomic mass is 10.2. The summed E-state index contributed by atoms with van der Waals surface area (Å²) in [5, 5.41) is 0.219. The molecule has 6 nitrogen and oxygen atoms in total. The molecule has 1 aromatic carbocycles. The smallest absolute Gasteiger partial charge is 0.255 e. The van der Waals surface area contributed by atoms with Crippen LogP contribution >= 0.6 is 11.6 Å². The Labute approximate surface area is 152 Å². The third-order valence-electron chi connectivity index (χ3n) is 4.19. The number of nitrogens with zero attached hydrogens (tertiary/aromatic N) is 2. The Balaban J connectivity index is 1.87. The second kappa shape index (κ2) is 7.19. The molecule has 0 unspecified atom stereocenters. The van der Waals surface area contributed by atoms with E-state index in [4.69, 9.17) is 16.0 Å². The molecule has 3 rings (SSSR count). The Morgan fingerprint density at radius 2 is 2.00 bits per heavy atom. The van der Waals surface area contributed by atoms with Crippen molar-refractivity contribution in [2.45, 2.75) is 24.3 Å². The zero-order valence-electron chi connectivity index (χ0n) is 13.8. The predicted octanol–water partition coefficient (Wildman–Crippen LogP) is 2.99. The first-order chi connectivity index (χ1) is 11.9. The Morgan fingerprint density at radius 3 is 2.64 bits per heavy atom. The van der Waals surface area contributed by atoms with Crippen molar-refractivity contribution in [1.29, 1.82) is 0 Å². The molecule has 1 aromatic heterocycles. The van der Waals surface area contributed by atoms with Crippen LogP contribution in [-0.2, 0) is 16.6 Å². The molecule has 1 aliphatic rings. The number of furan rings is 1. The predicted molar refractivity (Wildman–Crippen MR) is 94.0 cm³/mol. The number of rotatable bonds is 5. The Hall–Kier alpha value is -1.83. The molecule has 8 heteroatoms. The third-order valence-corrected chi connectivity index (χ3v) is 6.42. The van der Waals surface area contributed by atoms with Crippen LogP contribution in [-0.4, -0.2) is 43.7 Å². The van der Waals surface area contributed by atoms with E-state index in [0.717, 1.165) is 12.8 Å². The molecule has 25 heavy (non-hydrogen) atoms. The SMILES string of the molecule is CN(Cc1ccco1)C(=O)c1cc(S(=O)(=O)N2CCCC2)ccc1Cl. The highest BCUT2D eigenvalue weighted by atomic mass is 35.5. The van der Waals surface area contributed by atoms with Crippen molar-refractivity contribution in [2.75, 3.05) is 20.1 Å². The number of halogens is 1. The van der Waals surface area contributed by atoms with Crippen LogP contribution in [0, 0.1) is 0 Å². The van der Waals surface area contributed by atoms with Crippen LogP contribution in [0.25, 0.3) is 0 Å². The summed E-state index contributed by atoms with van der Waals surface area (Å²) in [4.78, 5) is 14.2. The first kappa shape index (κ1) is 18.0. The summed E-state index contributed by atoms with van der Waals surface area (Å²) in [7, 11) is -1.99. The zero-order valence-corrected chi connectivity index (χ0v) is 15.4. The number of sulfonamides is 1. The summed E-state index contributed by atoms with van der Waals surface area (Å²) in [6.07, 6.45) is 3.23. The summed E-state index contributed by atoms with van der Waals surface area (Å²) in [6.45, 7) is 1.28.